The van der Waals surface area contributed by atoms with E-state index in [0.29, 0.717) is 34.6 Å². The van der Waals surface area contributed by atoms with Gasteiger partial charge in [0.1, 0.15) is 12.8 Å². The Morgan fingerprint density at radius 1 is 0.846 bits per heavy atom. The number of fused-ring (bicyclic) bond motifs is 3. The van der Waals surface area contributed by atoms with E-state index in [9.17, 15) is 9.59 Å². The molecule has 0 bridgehead atoms. The molecule has 1 aromatic heterocycles. The Kier molecular flexibility index (Phi) is 8.09. The second-order valence-electron chi connectivity index (χ2n) is 9.08. The van der Waals surface area contributed by atoms with Crippen LogP contribution in [0.5, 0.6) is 0 Å². The summed E-state index contributed by atoms with van der Waals surface area (Å²) in [6.07, 6.45) is 0.470. The van der Waals surface area contributed by atoms with Gasteiger partial charge in [-0.05, 0) is 55.5 Å². The highest BCUT2D eigenvalue weighted by Gasteiger charge is 2.19. The summed E-state index contributed by atoms with van der Waals surface area (Å²) >= 11 is 1.66. The minimum absolute atomic E-state index is 0.0280. The molecule has 0 amide bonds. The number of hydrogen-bond donors (Lipinski definition) is 0. The van der Waals surface area contributed by atoms with E-state index in [2.05, 4.69) is 26.9 Å². The summed E-state index contributed by atoms with van der Waals surface area (Å²) in [6.45, 7) is 2.86. The highest BCUT2D eigenvalue weighted by molar-refractivity contribution is 7.99. The number of Topliss-reactive ketones (excluding diaryl/α,β-unsaturated/α-hetero) is 1. The van der Waals surface area contributed by atoms with Gasteiger partial charge < -0.3 is 9.40 Å². The number of aromatic nitrogens is 1. The lowest BCUT2D eigenvalue weighted by Crippen LogP contribution is -2.16. The average molecular weight is 548 g/mol. The molecule has 0 saturated heterocycles. The Morgan fingerprint density at radius 3 is 2.13 bits per heavy atom. The van der Waals surface area contributed by atoms with Gasteiger partial charge in [0.05, 0.1) is 10.2 Å². The van der Waals surface area contributed by atoms with Gasteiger partial charge in [-0.25, -0.2) is 0 Å². The fourth-order valence-corrected chi connectivity index (χ4v) is 5.80. The van der Waals surface area contributed by atoms with Crippen molar-refractivity contribution in [1.29, 1.82) is 0 Å². The van der Waals surface area contributed by atoms with Gasteiger partial charge in [-0.3, -0.25) is 9.59 Å². The molecule has 0 saturated carbocycles. The van der Waals surface area contributed by atoms with Gasteiger partial charge in [0.25, 0.3) is 0 Å². The highest BCUT2D eigenvalue weighted by Crippen LogP contribution is 2.32. The molecule has 5 aromatic rings. The molecular weight excluding hydrogens is 521 g/mol. The van der Waals surface area contributed by atoms with Crippen molar-refractivity contribution in [1.82, 2.24) is 4.57 Å². The minimum atomic E-state index is -0.163. The second kappa shape index (κ2) is 11.8. The molecule has 0 N–H and O–H groups in total. The lowest BCUT2D eigenvalue weighted by molar-refractivity contribution is 0.103. The van der Waals surface area contributed by atoms with Crippen LogP contribution < -0.4 is 5.19 Å². The monoisotopic (exact) mass is 547 g/mol. The molecule has 7 heteroatoms. The smallest absolute Gasteiger partial charge is 0.210 e. The Bertz CT molecular complexity index is 1690. The Morgan fingerprint density at radius 2 is 1.49 bits per heavy atom. The van der Waals surface area contributed by atoms with Gasteiger partial charge in [-0.15, -0.1) is 11.8 Å². The lowest BCUT2D eigenvalue weighted by Gasteiger charge is -2.07. The fourth-order valence-electron chi connectivity index (χ4n) is 4.78. The van der Waals surface area contributed by atoms with Gasteiger partial charge in [0.15, 0.2) is 5.78 Å². The number of rotatable bonds is 10. The maximum Gasteiger partial charge on any atom is 0.210 e. The van der Waals surface area contributed by atoms with Crippen LogP contribution in [0.1, 0.15) is 39.6 Å². The largest absolute Gasteiger partial charge is 0.399 e. The second-order valence-corrected chi connectivity index (χ2v) is 10.8. The topological polar surface area (TPSA) is 60.7 Å². The third-order valence-electron chi connectivity index (χ3n) is 6.67. The maximum absolute atomic E-state index is 13.6. The third kappa shape index (κ3) is 5.60. The van der Waals surface area contributed by atoms with E-state index in [0.717, 1.165) is 38.4 Å². The highest BCUT2D eigenvalue weighted by atomic mass is 32.2. The number of aryl methyl sites for hydroxylation is 1. The van der Waals surface area contributed by atoms with Gasteiger partial charge in [0.2, 0.25) is 5.78 Å². The van der Waals surface area contributed by atoms with Crippen LogP contribution in [0.4, 0.5) is 0 Å². The number of carbonyl (C=O) groups is 2. The molecule has 0 aliphatic carbocycles. The summed E-state index contributed by atoms with van der Waals surface area (Å²) in [4.78, 5) is 32.9. The summed E-state index contributed by atoms with van der Waals surface area (Å²) in [5.74, 6) is 0.501. The zero-order valence-corrected chi connectivity index (χ0v) is 23.6. The van der Waals surface area contributed by atoms with Crippen molar-refractivity contribution in [3.63, 3.8) is 0 Å². The van der Waals surface area contributed by atoms with Crippen LogP contribution in [0.15, 0.2) is 101 Å². The zero-order valence-electron chi connectivity index (χ0n) is 21.8. The number of oxime groups is 1. The number of benzene rings is 4. The first kappa shape index (κ1) is 26.7. The molecule has 39 heavy (non-hydrogen) atoms. The molecule has 4 aromatic carbocycles. The SMILES string of the molecule is CCn1c2ccc(C(=O)/C(CCSc3ccc([Si])cc3)=N/OC)cc2c2cc(C(=O)c3ccccc3)ccc21. The maximum atomic E-state index is 13.6. The number of thioether (sulfide) groups is 1. The summed E-state index contributed by atoms with van der Waals surface area (Å²) < 4.78 is 2.20. The summed E-state index contributed by atoms with van der Waals surface area (Å²) in [5.41, 5.74) is 4.23. The van der Waals surface area contributed by atoms with Gasteiger partial charge >= 0.3 is 0 Å². The van der Waals surface area contributed by atoms with E-state index in [-0.39, 0.29) is 11.6 Å². The first-order valence-electron chi connectivity index (χ1n) is 12.7. The normalized spacial score (nSPS) is 11.7. The molecule has 1 heterocycles. The van der Waals surface area contributed by atoms with Crippen molar-refractivity contribution in [2.45, 2.75) is 24.8 Å². The van der Waals surface area contributed by atoms with E-state index >= 15 is 0 Å². The van der Waals surface area contributed by atoms with Gasteiger partial charge in [-0.1, -0.05) is 52.8 Å². The van der Waals surface area contributed by atoms with Gasteiger partial charge in [-0.2, -0.15) is 0 Å². The molecule has 5 rings (SSSR count). The Balaban J connectivity index is 1.47. The van der Waals surface area contributed by atoms with Gasteiger partial charge in [0, 0.05) is 62.1 Å². The van der Waals surface area contributed by atoms with Crippen molar-refractivity contribution in [3.8, 4) is 0 Å². The van der Waals surface area contributed by atoms with Crippen LogP contribution >= 0.6 is 11.8 Å². The van der Waals surface area contributed by atoms with Crippen LogP contribution in [-0.4, -0.2) is 45.0 Å². The molecule has 3 radical (unpaired) electrons. The van der Waals surface area contributed by atoms with E-state index in [4.69, 9.17) is 4.84 Å². The fraction of sp³-hybridized carbons (Fsp3) is 0.156. The number of carbonyl (C=O) groups excluding carboxylic acids is 2. The van der Waals surface area contributed by atoms with Crippen LogP contribution in [-0.2, 0) is 11.4 Å². The molecule has 0 unspecified atom stereocenters. The molecule has 0 spiro atoms. The first-order chi connectivity index (χ1) is 19.0. The summed E-state index contributed by atoms with van der Waals surface area (Å²) in [7, 11) is 4.96. The number of hydrogen-bond acceptors (Lipinski definition) is 5. The number of ketones is 2. The third-order valence-corrected chi connectivity index (χ3v) is 8.01. The van der Waals surface area contributed by atoms with Crippen molar-refractivity contribution in [2.24, 2.45) is 5.16 Å². The molecular formula is C32H27N2O3SSi. The molecule has 0 aliphatic rings. The van der Waals surface area contributed by atoms with Crippen LogP contribution in [0.3, 0.4) is 0 Å². The number of nitrogens with zero attached hydrogens (tertiary/aromatic N) is 2. The van der Waals surface area contributed by atoms with Crippen molar-refractivity contribution in [2.75, 3.05) is 12.9 Å². The molecule has 193 valence electrons. The standard InChI is InChI=1S/C32H27N2O3SSi/c1-3-34-29-15-9-22(31(35)21-7-5-4-6-8-21)19-26(29)27-20-23(10-16-30(27)34)32(36)28(33-37-2)17-18-38-24-11-13-25(39)14-12-24/h4-16,19-20H,3,17-18H2,1-2H3/b33-28+. The van der Waals surface area contributed by atoms with Crippen LogP contribution in [0.25, 0.3) is 21.8 Å². The van der Waals surface area contributed by atoms with Crippen molar-refractivity contribution in [3.05, 3.63) is 108 Å². The predicted octanol–water partition coefficient (Wildman–Crippen LogP) is 6.21. The van der Waals surface area contributed by atoms with Crippen LogP contribution in [0, 0.1) is 0 Å². The van der Waals surface area contributed by atoms with Crippen molar-refractivity contribution < 1.29 is 14.4 Å². The molecule has 5 nitrogen and oxygen atoms in total. The van der Waals surface area contributed by atoms with E-state index < -0.39 is 0 Å². The predicted molar refractivity (Wildman–Crippen MR) is 161 cm³/mol. The van der Waals surface area contributed by atoms with Crippen molar-refractivity contribution >= 4 is 66.3 Å². The summed E-state index contributed by atoms with van der Waals surface area (Å²) in [5, 5.41) is 6.97. The van der Waals surface area contributed by atoms with E-state index in [1.165, 1.54) is 7.11 Å². The Labute approximate surface area is 235 Å². The minimum Gasteiger partial charge on any atom is -0.399 e. The van der Waals surface area contributed by atoms with E-state index in [1.807, 2.05) is 91.0 Å². The van der Waals surface area contributed by atoms with Crippen LogP contribution in [0.2, 0.25) is 0 Å². The first-order valence-corrected chi connectivity index (χ1v) is 14.2. The molecule has 0 fully saturated rings. The quantitative estimate of drug-likeness (QED) is 0.0686. The molecule has 0 aliphatic heterocycles. The summed E-state index contributed by atoms with van der Waals surface area (Å²) in [6, 6.07) is 28.9. The lowest BCUT2D eigenvalue weighted by atomic mass is 9.99. The Hall–Kier alpha value is -3.94. The molecule has 0 atom stereocenters. The zero-order chi connectivity index (χ0) is 27.4. The average Bonchev–Trinajstić information content (AvgIpc) is 3.29. The van der Waals surface area contributed by atoms with E-state index in [1.54, 1.807) is 11.8 Å².